The zero-order valence-corrected chi connectivity index (χ0v) is 13.5. The molecule has 0 aliphatic carbocycles. The van der Waals surface area contributed by atoms with Crippen molar-refractivity contribution in [3.8, 4) is 11.5 Å². The van der Waals surface area contributed by atoms with Gasteiger partial charge in [0.1, 0.15) is 11.5 Å². The van der Waals surface area contributed by atoms with Crippen LogP contribution in [0.1, 0.15) is 11.1 Å². The minimum absolute atomic E-state index is 0.778. The molecule has 1 aromatic heterocycles. The summed E-state index contributed by atoms with van der Waals surface area (Å²) in [7, 11) is 3.29. The Labute approximate surface area is 140 Å². The summed E-state index contributed by atoms with van der Waals surface area (Å²) in [5.41, 5.74) is 2.73. The fourth-order valence-electron chi connectivity index (χ4n) is 2.96. The highest BCUT2D eigenvalue weighted by Crippen LogP contribution is 2.41. The smallest absolute Gasteiger partial charge is 0.257 e. The van der Waals surface area contributed by atoms with Crippen LogP contribution in [0.4, 0.5) is 0 Å². The van der Waals surface area contributed by atoms with Crippen LogP contribution in [0.3, 0.4) is 0 Å². The van der Waals surface area contributed by atoms with Crippen LogP contribution in [0.25, 0.3) is 17.0 Å². The molecule has 2 aromatic carbocycles. The molecule has 4 heteroatoms. The summed E-state index contributed by atoms with van der Waals surface area (Å²) in [6.45, 7) is 0. The molecule has 24 heavy (non-hydrogen) atoms. The Morgan fingerprint density at radius 2 is 1.79 bits per heavy atom. The number of hydrogen-bond donors (Lipinski definition) is 0. The van der Waals surface area contributed by atoms with Gasteiger partial charge in [0.25, 0.3) is 5.79 Å². The number of ether oxygens (including phenoxy) is 3. The van der Waals surface area contributed by atoms with Crippen LogP contribution in [0.15, 0.2) is 60.8 Å². The van der Waals surface area contributed by atoms with Gasteiger partial charge in [0.15, 0.2) is 0 Å². The lowest BCUT2D eigenvalue weighted by atomic mass is 10.00. The van der Waals surface area contributed by atoms with Gasteiger partial charge < -0.3 is 14.2 Å². The van der Waals surface area contributed by atoms with E-state index in [1.165, 1.54) is 0 Å². The van der Waals surface area contributed by atoms with Crippen molar-refractivity contribution in [1.29, 1.82) is 0 Å². The van der Waals surface area contributed by atoms with Gasteiger partial charge in [0, 0.05) is 29.8 Å². The fourth-order valence-corrected chi connectivity index (χ4v) is 2.96. The molecule has 1 unspecified atom stereocenters. The number of benzene rings is 2. The number of rotatable bonds is 3. The van der Waals surface area contributed by atoms with Crippen LogP contribution in [-0.2, 0) is 10.5 Å². The Morgan fingerprint density at radius 3 is 2.54 bits per heavy atom. The van der Waals surface area contributed by atoms with E-state index >= 15 is 0 Å². The monoisotopic (exact) mass is 319 g/mol. The number of pyridine rings is 1. The first-order valence-electron chi connectivity index (χ1n) is 7.71. The van der Waals surface area contributed by atoms with Crippen molar-refractivity contribution in [2.24, 2.45) is 0 Å². The molecule has 0 N–H and O–H groups in total. The van der Waals surface area contributed by atoms with Crippen molar-refractivity contribution in [3.05, 3.63) is 71.9 Å². The van der Waals surface area contributed by atoms with Crippen molar-refractivity contribution in [2.45, 2.75) is 5.79 Å². The van der Waals surface area contributed by atoms with E-state index in [9.17, 15) is 0 Å². The van der Waals surface area contributed by atoms with E-state index in [0.717, 1.165) is 33.5 Å². The molecule has 4 nitrogen and oxygen atoms in total. The molecule has 3 aromatic rings. The molecule has 2 heterocycles. The minimum Gasteiger partial charge on any atom is -0.497 e. The summed E-state index contributed by atoms with van der Waals surface area (Å²) in [5, 5.41) is 0.967. The molecule has 1 aliphatic rings. The number of nitrogens with zero attached hydrogens (tertiary/aromatic N) is 1. The number of hydrogen-bond acceptors (Lipinski definition) is 4. The maximum atomic E-state index is 6.35. The van der Waals surface area contributed by atoms with Gasteiger partial charge in [-0.2, -0.15) is 0 Å². The van der Waals surface area contributed by atoms with Crippen molar-refractivity contribution in [3.63, 3.8) is 0 Å². The number of fused-ring (bicyclic) bond motifs is 3. The van der Waals surface area contributed by atoms with Crippen LogP contribution in [-0.4, -0.2) is 19.2 Å². The van der Waals surface area contributed by atoms with E-state index in [0.29, 0.717) is 0 Å². The van der Waals surface area contributed by atoms with Crippen molar-refractivity contribution >= 4 is 17.0 Å². The topological polar surface area (TPSA) is 40.6 Å². The Bertz CT molecular complexity index is 918. The Kier molecular flexibility index (Phi) is 3.47. The van der Waals surface area contributed by atoms with Crippen LogP contribution >= 0.6 is 0 Å². The van der Waals surface area contributed by atoms with E-state index in [4.69, 9.17) is 14.2 Å². The highest BCUT2D eigenvalue weighted by Gasteiger charge is 2.36. The SMILES string of the molecule is COc1ccc(C2(OC)C=Cc3cnc4ccccc4c3O2)cc1. The molecule has 0 saturated heterocycles. The molecule has 0 saturated carbocycles. The molecular formula is C20H17NO3. The van der Waals surface area contributed by atoms with Crippen molar-refractivity contribution in [1.82, 2.24) is 4.98 Å². The van der Waals surface area contributed by atoms with Crippen LogP contribution in [0.5, 0.6) is 11.5 Å². The Balaban J connectivity index is 1.84. The lowest BCUT2D eigenvalue weighted by Gasteiger charge is -2.34. The molecule has 1 atom stereocenters. The summed E-state index contributed by atoms with van der Waals surface area (Å²) in [4.78, 5) is 4.47. The third kappa shape index (κ3) is 2.23. The largest absolute Gasteiger partial charge is 0.497 e. The van der Waals surface area contributed by atoms with Crippen molar-refractivity contribution < 1.29 is 14.2 Å². The second kappa shape index (κ2) is 5.65. The average molecular weight is 319 g/mol. The van der Waals surface area contributed by atoms with Crippen molar-refractivity contribution in [2.75, 3.05) is 14.2 Å². The van der Waals surface area contributed by atoms with Gasteiger partial charge in [-0.05, 0) is 48.6 Å². The van der Waals surface area contributed by atoms with Gasteiger partial charge >= 0.3 is 0 Å². The molecule has 0 radical (unpaired) electrons. The van der Waals surface area contributed by atoms with E-state index < -0.39 is 5.79 Å². The summed E-state index contributed by atoms with van der Waals surface area (Å²) in [6.07, 6.45) is 5.72. The normalized spacial score (nSPS) is 18.9. The quantitative estimate of drug-likeness (QED) is 0.727. The van der Waals surface area contributed by atoms with E-state index in [1.54, 1.807) is 14.2 Å². The lowest BCUT2D eigenvalue weighted by Crippen LogP contribution is -2.35. The van der Waals surface area contributed by atoms with E-state index in [-0.39, 0.29) is 0 Å². The van der Waals surface area contributed by atoms with Crippen LogP contribution in [0.2, 0.25) is 0 Å². The van der Waals surface area contributed by atoms with Gasteiger partial charge in [0.2, 0.25) is 0 Å². The summed E-state index contributed by atoms with van der Waals surface area (Å²) in [5.74, 6) is 0.601. The second-order valence-electron chi connectivity index (χ2n) is 5.60. The van der Waals surface area contributed by atoms with Crippen LogP contribution in [0, 0.1) is 0 Å². The third-order valence-electron chi connectivity index (χ3n) is 4.29. The minimum atomic E-state index is -0.969. The second-order valence-corrected chi connectivity index (χ2v) is 5.60. The van der Waals surface area contributed by atoms with Gasteiger partial charge in [-0.1, -0.05) is 12.1 Å². The molecular weight excluding hydrogens is 302 g/mol. The first-order valence-corrected chi connectivity index (χ1v) is 7.71. The molecule has 1 aliphatic heterocycles. The summed E-state index contributed by atoms with van der Waals surface area (Å²) >= 11 is 0. The number of para-hydroxylation sites is 1. The van der Waals surface area contributed by atoms with Gasteiger partial charge in [-0.3, -0.25) is 4.98 Å². The van der Waals surface area contributed by atoms with Gasteiger partial charge in [-0.25, -0.2) is 0 Å². The predicted molar refractivity (Wildman–Crippen MR) is 93.1 cm³/mol. The summed E-state index contributed by atoms with van der Waals surface area (Å²) < 4.78 is 17.4. The third-order valence-corrected chi connectivity index (χ3v) is 4.29. The highest BCUT2D eigenvalue weighted by molar-refractivity contribution is 5.89. The predicted octanol–water partition coefficient (Wildman–Crippen LogP) is 4.15. The average Bonchev–Trinajstić information content (AvgIpc) is 2.67. The standard InChI is InChI=1S/C20H17NO3/c1-22-16-9-7-15(8-10-16)20(23-2)12-11-14-13-21-18-6-4-3-5-17(18)19(14)24-20/h3-13H,1-2H3. The Hall–Kier alpha value is -2.85. The van der Waals surface area contributed by atoms with Gasteiger partial charge in [-0.15, -0.1) is 0 Å². The first kappa shape index (κ1) is 14.7. The molecule has 0 bridgehead atoms. The van der Waals surface area contributed by atoms with E-state index in [1.807, 2.05) is 66.9 Å². The number of aromatic nitrogens is 1. The van der Waals surface area contributed by atoms with Crippen LogP contribution < -0.4 is 9.47 Å². The highest BCUT2D eigenvalue weighted by atomic mass is 16.7. The molecule has 120 valence electrons. The number of methoxy groups -OCH3 is 2. The maximum Gasteiger partial charge on any atom is 0.257 e. The fraction of sp³-hybridized carbons (Fsp3) is 0.150. The molecule has 0 amide bonds. The van der Waals surface area contributed by atoms with E-state index in [2.05, 4.69) is 4.98 Å². The molecule has 0 spiro atoms. The zero-order valence-electron chi connectivity index (χ0n) is 13.5. The zero-order chi connectivity index (χ0) is 16.6. The van der Waals surface area contributed by atoms with Gasteiger partial charge in [0.05, 0.1) is 12.6 Å². The Morgan fingerprint density at radius 1 is 1.00 bits per heavy atom. The lowest BCUT2D eigenvalue weighted by molar-refractivity contribution is -0.132. The first-order chi connectivity index (χ1) is 11.8. The summed E-state index contributed by atoms with van der Waals surface area (Å²) in [6, 6.07) is 15.6. The molecule has 4 rings (SSSR count). The maximum absolute atomic E-state index is 6.35. The molecule has 0 fully saturated rings.